The molecule has 1 aliphatic rings. The molecule has 8 nitrogen and oxygen atoms in total. The van der Waals surface area contributed by atoms with E-state index in [0.717, 1.165) is 22.3 Å². The van der Waals surface area contributed by atoms with Crippen molar-refractivity contribution in [1.82, 2.24) is 25.0 Å². The van der Waals surface area contributed by atoms with Gasteiger partial charge in [0.1, 0.15) is 22.7 Å². The second kappa shape index (κ2) is 9.68. The number of amides is 1. The van der Waals surface area contributed by atoms with Gasteiger partial charge >= 0.3 is 0 Å². The van der Waals surface area contributed by atoms with Crippen LogP contribution < -0.4 is 4.90 Å². The van der Waals surface area contributed by atoms with Crippen LogP contribution in [0.3, 0.4) is 0 Å². The molecule has 0 bridgehead atoms. The van der Waals surface area contributed by atoms with E-state index in [1.54, 1.807) is 12.4 Å². The molecule has 4 heterocycles. The first-order valence-electron chi connectivity index (χ1n) is 12.4. The minimum atomic E-state index is -0.0288. The van der Waals surface area contributed by atoms with Crippen molar-refractivity contribution < 1.29 is 9.32 Å². The maximum atomic E-state index is 12.8. The van der Waals surface area contributed by atoms with Crippen LogP contribution in [0.25, 0.3) is 22.4 Å². The van der Waals surface area contributed by atoms with Gasteiger partial charge < -0.3 is 14.3 Å². The summed E-state index contributed by atoms with van der Waals surface area (Å²) in [5.74, 6) is 1.68. The van der Waals surface area contributed by atoms with Gasteiger partial charge in [0.2, 0.25) is 5.91 Å². The van der Waals surface area contributed by atoms with Gasteiger partial charge in [-0.05, 0) is 30.0 Å². The quantitative estimate of drug-likeness (QED) is 0.407. The van der Waals surface area contributed by atoms with E-state index in [9.17, 15) is 4.79 Å². The molecule has 186 valence electrons. The molecule has 5 rings (SSSR count). The van der Waals surface area contributed by atoms with Crippen LogP contribution >= 0.6 is 0 Å². The van der Waals surface area contributed by atoms with Gasteiger partial charge in [-0.25, -0.2) is 4.98 Å². The molecule has 0 spiro atoms. The van der Waals surface area contributed by atoms with E-state index in [1.165, 1.54) is 5.56 Å². The minimum Gasteiger partial charge on any atom is -0.352 e. The number of carbonyl (C=O) groups excluding carboxylic acids is 1. The maximum Gasteiger partial charge on any atom is 0.263 e. The number of nitrogens with zero attached hydrogens (tertiary/aromatic N) is 6. The number of anilines is 1. The second-order valence-corrected chi connectivity index (χ2v) is 10.7. The highest BCUT2D eigenvalue weighted by atomic mass is 16.5. The topological polar surface area (TPSA) is 88.3 Å². The monoisotopic (exact) mass is 484 g/mol. The van der Waals surface area contributed by atoms with Crippen LogP contribution in [-0.4, -0.2) is 57.1 Å². The Morgan fingerprint density at radius 3 is 2.44 bits per heavy atom. The van der Waals surface area contributed by atoms with Gasteiger partial charge in [0, 0.05) is 57.0 Å². The number of fused-ring (bicyclic) bond motifs is 1. The molecule has 0 N–H and O–H groups in total. The van der Waals surface area contributed by atoms with Crippen LogP contribution in [0.5, 0.6) is 0 Å². The van der Waals surface area contributed by atoms with E-state index in [-0.39, 0.29) is 11.3 Å². The zero-order valence-electron chi connectivity index (χ0n) is 21.4. The largest absolute Gasteiger partial charge is 0.352 e. The van der Waals surface area contributed by atoms with Crippen molar-refractivity contribution in [3.63, 3.8) is 0 Å². The maximum absolute atomic E-state index is 12.8. The summed E-state index contributed by atoms with van der Waals surface area (Å²) < 4.78 is 5.73. The molecule has 36 heavy (non-hydrogen) atoms. The number of carbonyl (C=O) groups is 1. The van der Waals surface area contributed by atoms with Crippen LogP contribution in [0.1, 0.15) is 44.1 Å². The predicted octanol–water partition coefficient (Wildman–Crippen LogP) is 4.66. The standard InChI is InChI=1S/C28H32N6O2/c1-19-7-9-20(10-8-19)16-22-30-26(34-14-12-33(13-15-34)23(35)17-28(2,3)4)24-25(32-36-27(24)31-22)21-6-5-11-29-18-21/h5-11,18H,12-17H2,1-4H3. The van der Waals surface area contributed by atoms with Gasteiger partial charge in [-0.1, -0.05) is 55.8 Å². The van der Waals surface area contributed by atoms with Crippen molar-refractivity contribution in [2.24, 2.45) is 5.41 Å². The van der Waals surface area contributed by atoms with E-state index < -0.39 is 0 Å². The molecule has 8 heteroatoms. The van der Waals surface area contributed by atoms with Gasteiger partial charge in [0.15, 0.2) is 0 Å². The van der Waals surface area contributed by atoms with Crippen LogP contribution in [0.15, 0.2) is 53.3 Å². The SMILES string of the molecule is Cc1ccc(Cc2nc(N3CCN(C(=O)CC(C)(C)C)CC3)c3c(-c4cccnc4)noc3n2)cc1. The number of hydrogen-bond donors (Lipinski definition) is 0. The van der Waals surface area contributed by atoms with E-state index >= 15 is 0 Å². The molecule has 0 saturated carbocycles. The lowest BCUT2D eigenvalue weighted by molar-refractivity contribution is -0.133. The van der Waals surface area contributed by atoms with Crippen molar-refractivity contribution >= 4 is 22.8 Å². The first-order valence-corrected chi connectivity index (χ1v) is 12.4. The molecule has 1 saturated heterocycles. The summed E-state index contributed by atoms with van der Waals surface area (Å²) in [5.41, 5.74) is 4.32. The Morgan fingerprint density at radius 2 is 1.78 bits per heavy atom. The third-order valence-corrected chi connectivity index (χ3v) is 6.39. The summed E-state index contributed by atoms with van der Waals surface area (Å²) >= 11 is 0. The van der Waals surface area contributed by atoms with Crippen LogP contribution in [0, 0.1) is 12.3 Å². The summed E-state index contributed by atoms with van der Waals surface area (Å²) in [6.45, 7) is 11.0. The van der Waals surface area contributed by atoms with Crippen LogP contribution in [0.2, 0.25) is 0 Å². The number of piperazine rings is 1. The third-order valence-electron chi connectivity index (χ3n) is 6.39. The van der Waals surface area contributed by atoms with Gasteiger partial charge in [-0.2, -0.15) is 4.98 Å². The number of aryl methyl sites for hydroxylation is 1. The molecule has 1 aliphatic heterocycles. The highest BCUT2D eigenvalue weighted by molar-refractivity contribution is 5.98. The lowest BCUT2D eigenvalue weighted by Gasteiger charge is -2.36. The summed E-state index contributed by atoms with van der Waals surface area (Å²) in [5, 5.41) is 5.14. The molecule has 1 amide bonds. The Labute approximate surface area is 211 Å². The Morgan fingerprint density at radius 1 is 1.03 bits per heavy atom. The Balaban J connectivity index is 1.48. The minimum absolute atomic E-state index is 0.0288. The van der Waals surface area contributed by atoms with Crippen molar-refractivity contribution in [3.8, 4) is 11.3 Å². The predicted molar refractivity (Wildman–Crippen MR) is 140 cm³/mol. The van der Waals surface area contributed by atoms with Crippen LogP contribution in [0.4, 0.5) is 5.82 Å². The first-order chi connectivity index (χ1) is 17.3. The molecular formula is C28H32N6O2. The third kappa shape index (κ3) is 5.22. The van der Waals surface area contributed by atoms with Crippen molar-refractivity contribution in [3.05, 3.63) is 65.7 Å². The van der Waals surface area contributed by atoms with E-state index in [2.05, 4.69) is 67.0 Å². The highest BCUT2D eigenvalue weighted by Crippen LogP contribution is 2.34. The Hall–Kier alpha value is -3.81. The number of aromatic nitrogens is 4. The smallest absolute Gasteiger partial charge is 0.263 e. The second-order valence-electron chi connectivity index (χ2n) is 10.7. The van der Waals surface area contributed by atoms with Gasteiger partial charge in [-0.3, -0.25) is 9.78 Å². The molecule has 0 unspecified atom stereocenters. The molecule has 4 aromatic rings. The number of rotatable bonds is 5. The molecular weight excluding hydrogens is 452 g/mol. The summed E-state index contributed by atoms with van der Waals surface area (Å²) in [7, 11) is 0. The molecule has 0 atom stereocenters. The fraction of sp³-hybridized carbons (Fsp3) is 0.393. The highest BCUT2D eigenvalue weighted by Gasteiger charge is 2.28. The first kappa shape index (κ1) is 23.9. The fourth-order valence-corrected chi connectivity index (χ4v) is 4.51. The normalized spacial score (nSPS) is 14.4. The van der Waals surface area contributed by atoms with Gasteiger partial charge in [0.05, 0.1) is 0 Å². The molecule has 0 aliphatic carbocycles. The number of hydrogen-bond acceptors (Lipinski definition) is 7. The van der Waals surface area contributed by atoms with Gasteiger partial charge in [0.25, 0.3) is 5.71 Å². The van der Waals surface area contributed by atoms with E-state index in [1.807, 2.05) is 17.0 Å². The summed E-state index contributed by atoms with van der Waals surface area (Å²) in [6, 6.07) is 12.2. The molecule has 0 radical (unpaired) electrons. The number of benzene rings is 1. The van der Waals surface area contributed by atoms with Gasteiger partial charge in [-0.15, -0.1) is 0 Å². The van der Waals surface area contributed by atoms with Crippen LogP contribution in [-0.2, 0) is 11.2 Å². The van der Waals surface area contributed by atoms with E-state index in [4.69, 9.17) is 14.5 Å². The summed E-state index contributed by atoms with van der Waals surface area (Å²) in [6.07, 6.45) is 4.64. The zero-order valence-corrected chi connectivity index (χ0v) is 21.4. The molecule has 3 aromatic heterocycles. The molecule has 1 aromatic carbocycles. The summed E-state index contributed by atoms with van der Waals surface area (Å²) in [4.78, 5) is 31.0. The lowest BCUT2D eigenvalue weighted by atomic mass is 9.91. The average molecular weight is 485 g/mol. The average Bonchev–Trinajstić information content (AvgIpc) is 3.29. The Kier molecular flexibility index (Phi) is 6.43. The van der Waals surface area contributed by atoms with Crippen molar-refractivity contribution in [2.75, 3.05) is 31.1 Å². The fourth-order valence-electron chi connectivity index (χ4n) is 4.51. The lowest BCUT2D eigenvalue weighted by Crippen LogP contribution is -2.49. The van der Waals surface area contributed by atoms with Crippen molar-refractivity contribution in [1.29, 1.82) is 0 Å². The van der Waals surface area contributed by atoms with Crippen molar-refractivity contribution in [2.45, 2.75) is 40.5 Å². The Bertz CT molecular complexity index is 1350. The number of pyridine rings is 1. The molecule has 1 fully saturated rings. The zero-order chi connectivity index (χ0) is 25.3. The van der Waals surface area contributed by atoms with E-state index in [0.29, 0.717) is 56.3 Å².